The Hall–Kier alpha value is -1.92. The number of benzene rings is 1. The molecule has 0 spiro atoms. The first-order chi connectivity index (χ1) is 11.7. The molecule has 24 heavy (non-hydrogen) atoms. The number of urea groups is 1. The number of amides is 2. The summed E-state index contributed by atoms with van der Waals surface area (Å²) >= 11 is 1.97. The number of hydrogen-bond acceptors (Lipinski definition) is 4. The topological polar surface area (TPSA) is 57.5 Å². The van der Waals surface area contributed by atoms with E-state index in [2.05, 4.69) is 15.5 Å². The Bertz CT molecular complexity index is 654. The summed E-state index contributed by atoms with van der Waals surface area (Å²) in [7, 11) is 0. The van der Waals surface area contributed by atoms with E-state index in [4.69, 9.17) is 4.42 Å². The second kappa shape index (κ2) is 8.26. The number of rotatable bonds is 5. The van der Waals surface area contributed by atoms with Gasteiger partial charge >= 0.3 is 6.03 Å². The Kier molecular flexibility index (Phi) is 5.82. The summed E-state index contributed by atoms with van der Waals surface area (Å²) in [6, 6.07) is 11.5. The number of carbonyl (C=O) groups excluding carboxylic acids is 1. The highest BCUT2D eigenvalue weighted by Crippen LogP contribution is 2.24. The highest BCUT2D eigenvalue weighted by atomic mass is 32.2. The maximum absolute atomic E-state index is 12.2. The van der Waals surface area contributed by atoms with E-state index < -0.39 is 0 Å². The minimum atomic E-state index is -0.188. The van der Waals surface area contributed by atoms with E-state index in [-0.39, 0.29) is 12.1 Å². The van der Waals surface area contributed by atoms with E-state index in [1.807, 2.05) is 55.1 Å². The van der Waals surface area contributed by atoms with E-state index >= 15 is 0 Å². The number of hydrogen-bond donors (Lipinski definition) is 2. The van der Waals surface area contributed by atoms with Crippen molar-refractivity contribution in [2.24, 2.45) is 0 Å². The lowest BCUT2D eigenvalue weighted by molar-refractivity contribution is 0.187. The molecule has 2 aromatic rings. The lowest BCUT2D eigenvalue weighted by atomic mass is 10.2. The maximum atomic E-state index is 12.2. The van der Waals surface area contributed by atoms with Gasteiger partial charge < -0.3 is 15.1 Å². The van der Waals surface area contributed by atoms with Crippen LogP contribution in [0, 0.1) is 6.92 Å². The molecule has 1 aliphatic rings. The number of furan rings is 1. The van der Waals surface area contributed by atoms with Crippen LogP contribution < -0.4 is 10.6 Å². The van der Waals surface area contributed by atoms with Crippen LogP contribution in [0.2, 0.25) is 0 Å². The van der Waals surface area contributed by atoms with Gasteiger partial charge in [0.1, 0.15) is 5.76 Å². The predicted molar refractivity (Wildman–Crippen MR) is 98.5 cm³/mol. The summed E-state index contributed by atoms with van der Waals surface area (Å²) in [5, 5.41) is 5.90. The maximum Gasteiger partial charge on any atom is 0.319 e. The standard InChI is InChI=1S/C18H23N3O2S/c1-14-5-2-3-6-15(14)20-18(22)19-13-16(17-7-4-10-23-17)21-8-11-24-12-9-21/h2-7,10,16H,8-9,11-13H2,1H3,(H2,19,20,22)/t16-/m0/s1. The fourth-order valence-corrected chi connectivity index (χ4v) is 3.78. The van der Waals surface area contributed by atoms with Crippen LogP contribution in [0.15, 0.2) is 47.1 Å². The molecular weight excluding hydrogens is 322 g/mol. The molecule has 3 rings (SSSR count). The molecule has 2 heterocycles. The molecule has 0 bridgehead atoms. The second-order valence-corrected chi connectivity index (χ2v) is 7.05. The summed E-state index contributed by atoms with van der Waals surface area (Å²) in [6.07, 6.45) is 1.69. The zero-order valence-electron chi connectivity index (χ0n) is 13.8. The third kappa shape index (κ3) is 4.33. The minimum Gasteiger partial charge on any atom is -0.468 e. The van der Waals surface area contributed by atoms with Gasteiger partial charge in [0.25, 0.3) is 0 Å². The normalized spacial score (nSPS) is 16.5. The highest BCUT2D eigenvalue weighted by molar-refractivity contribution is 7.99. The fraction of sp³-hybridized carbons (Fsp3) is 0.389. The van der Waals surface area contributed by atoms with Crippen LogP contribution in [0.5, 0.6) is 0 Å². The lowest BCUT2D eigenvalue weighted by Crippen LogP contribution is -2.42. The minimum absolute atomic E-state index is 0.0727. The van der Waals surface area contributed by atoms with Crippen molar-refractivity contribution in [2.75, 3.05) is 36.5 Å². The summed E-state index contributed by atoms with van der Waals surface area (Å²) in [6.45, 7) is 4.52. The first kappa shape index (κ1) is 16.9. The number of nitrogens with one attached hydrogen (secondary N) is 2. The zero-order valence-corrected chi connectivity index (χ0v) is 14.6. The molecule has 6 heteroatoms. The molecule has 0 aliphatic carbocycles. The SMILES string of the molecule is Cc1ccccc1NC(=O)NC[C@@H](c1ccco1)N1CCSCC1. The quantitative estimate of drug-likeness (QED) is 0.871. The van der Waals surface area contributed by atoms with Crippen molar-refractivity contribution < 1.29 is 9.21 Å². The molecule has 0 radical (unpaired) electrons. The van der Waals surface area contributed by atoms with Crippen LogP contribution in [-0.4, -0.2) is 42.1 Å². The lowest BCUT2D eigenvalue weighted by Gasteiger charge is -2.33. The molecule has 1 aliphatic heterocycles. The van der Waals surface area contributed by atoms with Crippen LogP contribution >= 0.6 is 11.8 Å². The fourth-order valence-electron chi connectivity index (χ4n) is 2.85. The number of thioether (sulfide) groups is 1. The molecule has 128 valence electrons. The van der Waals surface area contributed by atoms with Gasteiger partial charge in [0, 0.05) is 36.8 Å². The number of carbonyl (C=O) groups is 1. The summed E-state index contributed by atoms with van der Waals surface area (Å²) < 4.78 is 5.60. The van der Waals surface area contributed by atoms with Gasteiger partial charge in [-0.1, -0.05) is 18.2 Å². The summed E-state index contributed by atoms with van der Waals surface area (Å²) in [4.78, 5) is 14.6. The Balaban J connectivity index is 1.61. The summed E-state index contributed by atoms with van der Waals surface area (Å²) in [5.41, 5.74) is 1.88. The molecule has 1 saturated heterocycles. The van der Waals surface area contributed by atoms with Crippen LogP contribution in [0.25, 0.3) is 0 Å². The average molecular weight is 345 g/mol. The van der Waals surface area contributed by atoms with E-state index in [9.17, 15) is 4.79 Å². The van der Waals surface area contributed by atoms with Gasteiger partial charge in [0.2, 0.25) is 0 Å². The van der Waals surface area contributed by atoms with E-state index in [0.717, 1.165) is 41.6 Å². The van der Waals surface area contributed by atoms with Crippen molar-refractivity contribution in [1.82, 2.24) is 10.2 Å². The third-order valence-corrected chi connectivity index (χ3v) is 5.15. The molecule has 5 nitrogen and oxygen atoms in total. The van der Waals surface area contributed by atoms with Crippen molar-refractivity contribution in [2.45, 2.75) is 13.0 Å². The largest absolute Gasteiger partial charge is 0.468 e. The van der Waals surface area contributed by atoms with Crippen LogP contribution in [0.1, 0.15) is 17.4 Å². The molecule has 1 atom stereocenters. The van der Waals surface area contributed by atoms with Crippen LogP contribution in [0.4, 0.5) is 10.5 Å². The molecule has 2 amide bonds. The molecule has 1 aromatic carbocycles. The molecular formula is C18H23N3O2S. The molecule has 1 fully saturated rings. The van der Waals surface area contributed by atoms with Gasteiger partial charge in [0.05, 0.1) is 12.3 Å². The third-order valence-electron chi connectivity index (χ3n) is 4.21. The van der Waals surface area contributed by atoms with Crippen LogP contribution in [-0.2, 0) is 0 Å². The zero-order chi connectivity index (χ0) is 16.8. The van der Waals surface area contributed by atoms with E-state index in [1.165, 1.54) is 0 Å². The van der Waals surface area contributed by atoms with Crippen molar-refractivity contribution in [3.05, 3.63) is 54.0 Å². The van der Waals surface area contributed by atoms with Gasteiger partial charge in [-0.15, -0.1) is 0 Å². The molecule has 1 aromatic heterocycles. The van der Waals surface area contributed by atoms with Gasteiger partial charge in [-0.05, 0) is 30.7 Å². The number of nitrogens with zero attached hydrogens (tertiary/aromatic N) is 1. The van der Waals surface area contributed by atoms with Gasteiger partial charge in [0.15, 0.2) is 0 Å². The van der Waals surface area contributed by atoms with E-state index in [0.29, 0.717) is 6.54 Å². The monoisotopic (exact) mass is 345 g/mol. The highest BCUT2D eigenvalue weighted by Gasteiger charge is 2.25. The van der Waals surface area contributed by atoms with E-state index in [1.54, 1.807) is 6.26 Å². The number of aryl methyl sites for hydroxylation is 1. The summed E-state index contributed by atoms with van der Waals surface area (Å²) in [5.74, 6) is 3.14. The first-order valence-electron chi connectivity index (χ1n) is 8.20. The Morgan fingerprint density at radius 2 is 2.04 bits per heavy atom. The van der Waals surface area contributed by atoms with Crippen LogP contribution in [0.3, 0.4) is 0 Å². The Labute approximate surface area is 146 Å². The Morgan fingerprint density at radius 1 is 1.25 bits per heavy atom. The predicted octanol–water partition coefficient (Wildman–Crippen LogP) is 3.50. The van der Waals surface area contributed by atoms with Gasteiger partial charge in [-0.25, -0.2) is 4.79 Å². The molecule has 0 saturated carbocycles. The smallest absolute Gasteiger partial charge is 0.319 e. The Morgan fingerprint density at radius 3 is 2.75 bits per heavy atom. The first-order valence-corrected chi connectivity index (χ1v) is 9.35. The molecule has 2 N–H and O–H groups in total. The molecule has 0 unspecified atom stereocenters. The average Bonchev–Trinajstić information content (AvgIpc) is 3.12. The number of anilines is 1. The van der Waals surface area contributed by atoms with Gasteiger partial charge in [-0.3, -0.25) is 4.90 Å². The van der Waals surface area contributed by atoms with Crippen molar-refractivity contribution in [3.63, 3.8) is 0 Å². The van der Waals surface area contributed by atoms with Crippen molar-refractivity contribution in [3.8, 4) is 0 Å². The second-order valence-electron chi connectivity index (χ2n) is 5.83. The van der Waals surface area contributed by atoms with Gasteiger partial charge in [-0.2, -0.15) is 11.8 Å². The van der Waals surface area contributed by atoms with Crippen molar-refractivity contribution >= 4 is 23.5 Å². The number of para-hydroxylation sites is 1. The van der Waals surface area contributed by atoms with Crippen molar-refractivity contribution in [1.29, 1.82) is 0 Å².